The van der Waals surface area contributed by atoms with Gasteiger partial charge >= 0.3 is 12.1 Å². The Morgan fingerprint density at radius 3 is 2.51 bits per heavy atom. The third kappa shape index (κ3) is 12.5. The summed E-state index contributed by atoms with van der Waals surface area (Å²) in [6.45, 7) is 10.4. The molecule has 1 aliphatic rings. The number of urea groups is 1. The molecule has 1 unspecified atom stereocenters. The molecule has 0 saturated carbocycles. The summed E-state index contributed by atoms with van der Waals surface area (Å²) in [5.74, 6) is 0.191. The van der Waals surface area contributed by atoms with Crippen LogP contribution in [0, 0.1) is 0 Å². The number of nitrogens with zero attached hydrogens (tertiary/aromatic N) is 2. The van der Waals surface area contributed by atoms with E-state index in [1.807, 2.05) is 49.4 Å². The highest BCUT2D eigenvalue weighted by molar-refractivity contribution is 5.90. The van der Waals surface area contributed by atoms with E-state index in [1.54, 1.807) is 25.1 Å². The van der Waals surface area contributed by atoms with Crippen molar-refractivity contribution in [1.82, 2.24) is 31.1 Å². The Labute approximate surface area is 266 Å². The number of ether oxygens (including phenoxy) is 2. The molecule has 5 amide bonds. The summed E-state index contributed by atoms with van der Waals surface area (Å²) in [5, 5.41) is 11.3. The number of carbonyl (C=O) groups excluding carboxylic acids is 4. The van der Waals surface area contributed by atoms with Crippen LogP contribution in [0.2, 0.25) is 0 Å². The lowest BCUT2D eigenvalue weighted by molar-refractivity contribution is -0.156. The zero-order chi connectivity index (χ0) is 33.0. The van der Waals surface area contributed by atoms with Crippen LogP contribution in [-0.2, 0) is 20.9 Å². The Hall–Kier alpha value is -4.58. The summed E-state index contributed by atoms with van der Waals surface area (Å²) in [7, 11) is 3.23. The molecule has 12 nitrogen and oxygen atoms in total. The van der Waals surface area contributed by atoms with Crippen molar-refractivity contribution in [3.8, 4) is 5.75 Å². The highest BCUT2D eigenvalue weighted by Crippen LogP contribution is 2.22. The zero-order valence-corrected chi connectivity index (χ0v) is 26.7. The SMILES string of the molecule is C=C/C=C\C(=C/C)CCCN1CC(NC(=O)NCc2ccc(OC)cc2)N(C(=O)CNC)[C@@H](CCCNC(=O)OCC=C)C1=O. The highest BCUT2D eigenvalue weighted by atomic mass is 16.5. The van der Waals surface area contributed by atoms with Crippen LogP contribution >= 0.6 is 0 Å². The van der Waals surface area contributed by atoms with Crippen molar-refractivity contribution in [3.63, 3.8) is 0 Å². The fraction of sp³-hybridized carbons (Fsp3) is 0.455. The van der Waals surface area contributed by atoms with Gasteiger partial charge in [-0.2, -0.15) is 0 Å². The number of alkyl carbamates (subject to hydrolysis) is 1. The highest BCUT2D eigenvalue weighted by Gasteiger charge is 2.43. The number of amides is 5. The van der Waals surface area contributed by atoms with Gasteiger partial charge in [-0.25, -0.2) is 9.59 Å². The van der Waals surface area contributed by atoms with Crippen molar-refractivity contribution in [3.05, 3.63) is 78.9 Å². The van der Waals surface area contributed by atoms with Gasteiger partial charge in [-0.3, -0.25) is 9.59 Å². The number of methoxy groups -OCH3 is 1. The van der Waals surface area contributed by atoms with Gasteiger partial charge in [0.05, 0.1) is 20.2 Å². The van der Waals surface area contributed by atoms with Crippen molar-refractivity contribution in [2.75, 3.05) is 46.9 Å². The number of hydrogen-bond donors (Lipinski definition) is 4. The van der Waals surface area contributed by atoms with E-state index in [4.69, 9.17) is 9.47 Å². The molecule has 0 aromatic heterocycles. The minimum atomic E-state index is -0.834. The molecule has 0 radical (unpaired) electrons. The van der Waals surface area contributed by atoms with E-state index in [0.29, 0.717) is 25.1 Å². The van der Waals surface area contributed by atoms with E-state index in [9.17, 15) is 19.2 Å². The van der Waals surface area contributed by atoms with Gasteiger partial charge in [0.15, 0.2) is 0 Å². The predicted molar refractivity (Wildman–Crippen MR) is 174 cm³/mol. The molecule has 1 aliphatic heterocycles. The maximum atomic E-state index is 13.8. The van der Waals surface area contributed by atoms with Gasteiger partial charge < -0.3 is 40.5 Å². The molecule has 1 saturated heterocycles. The second kappa shape index (κ2) is 20.4. The van der Waals surface area contributed by atoms with Gasteiger partial charge in [0.25, 0.3) is 0 Å². The minimum Gasteiger partial charge on any atom is -0.497 e. The molecular formula is C33H48N6O6. The van der Waals surface area contributed by atoms with Crippen molar-refractivity contribution in [2.45, 2.75) is 51.4 Å². The molecule has 1 heterocycles. The van der Waals surface area contributed by atoms with Crippen molar-refractivity contribution >= 4 is 23.9 Å². The Morgan fingerprint density at radius 1 is 1.11 bits per heavy atom. The number of nitrogens with one attached hydrogen (secondary N) is 4. The molecule has 45 heavy (non-hydrogen) atoms. The molecule has 1 aromatic rings. The van der Waals surface area contributed by atoms with Gasteiger partial charge in [0.1, 0.15) is 24.6 Å². The summed E-state index contributed by atoms with van der Waals surface area (Å²) in [6, 6.07) is 6.01. The molecule has 0 aliphatic carbocycles. The number of rotatable bonds is 18. The summed E-state index contributed by atoms with van der Waals surface area (Å²) in [5.41, 5.74) is 1.99. The third-order valence-electron chi connectivity index (χ3n) is 7.15. The van der Waals surface area contributed by atoms with Crippen molar-refractivity contribution in [2.24, 2.45) is 0 Å². The first kappa shape index (κ1) is 36.6. The second-order valence-electron chi connectivity index (χ2n) is 10.3. The zero-order valence-electron chi connectivity index (χ0n) is 26.7. The minimum absolute atomic E-state index is 0.0121. The monoisotopic (exact) mass is 624 g/mol. The largest absolute Gasteiger partial charge is 0.497 e. The number of allylic oxidation sites excluding steroid dienone is 5. The van der Waals surface area contributed by atoms with E-state index in [0.717, 1.165) is 17.6 Å². The number of carbonyl (C=O) groups is 4. The molecular weight excluding hydrogens is 576 g/mol. The molecule has 246 valence electrons. The molecule has 0 bridgehead atoms. The first-order chi connectivity index (χ1) is 21.8. The summed E-state index contributed by atoms with van der Waals surface area (Å²) in [4.78, 5) is 55.3. The van der Waals surface area contributed by atoms with Gasteiger partial charge in [-0.15, -0.1) is 0 Å². The van der Waals surface area contributed by atoms with Crippen LogP contribution in [0.25, 0.3) is 0 Å². The number of piperazine rings is 1. The fourth-order valence-electron chi connectivity index (χ4n) is 4.89. The molecule has 1 fully saturated rings. The van der Waals surface area contributed by atoms with Gasteiger partial charge in [-0.05, 0) is 57.4 Å². The summed E-state index contributed by atoms with van der Waals surface area (Å²) < 4.78 is 10.1. The smallest absolute Gasteiger partial charge is 0.407 e. The van der Waals surface area contributed by atoms with Gasteiger partial charge in [0.2, 0.25) is 11.8 Å². The molecule has 2 rings (SSSR count). The van der Waals surface area contributed by atoms with Crippen LogP contribution in [0.15, 0.2) is 73.4 Å². The topological polar surface area (TPSA) is 141 Å². The lowest BCUT2D eigenvalue weighted by atomic mass is 10.0. The standard InChI is InChI=1S/C33H48N6O6/c1-6-9-12-25(8-3)13-11-20-38-24-29(37-32(42)36-22-26-15-17-27(44-5)18-16-26)39(30(40)23-34-4)28(31(38)41)14-10-19-35-33(43)45-21-7-2/h6-9,12,15-18,28-29,34H,1-2,10-11,13-14,19-24H2,3-5H3,(H,35,43)(H2,36,37,42)/b12-9-,25-8+/t28-,29?/m0/s1. The first-order valence-corrected chi connectivity index (χ1v) is 15.2. The van der Waals surface area contributed by atoms with E-state index < -0.39 is 24.3 Å². The second-order valence-corrected chi connectivity index (χ2v) is 10.3. The van der Waals surface area contributed by atoms with Crippen molar-refractivity contribution < 1.29 is 28.7 Å². The van der Waals surface area contributed by atoms with Crippen molar-refractivity contribution in [1.29, 1.82) is 0 Å². The van der Waals surface area contributed by atoms with Crippen LogP contribution in [0.4, 0.5) is 9.59 Å². The maximum absolute atomic E-state index is 13.8. The van der Waals surface area contributed by atoms with Gasteiger partial charge in [-0.1, -0.05) is 61.2 Å². The quantitative estimate of drug-likeness (QED) is 0.112. The van der Waals surface area contributed by atoms with Crippen LogP contribution in [0.3, 0.4) is 0 Å². The normalized spacial score (nSPS) is 16.7. The van der Waals surface area contributed by atoms with E-state index >= 15 is 0 Å². The Kier molecular flexibility index (Phi) is 16.6. The molecule has 4 N–H and O–H groups in total. The summed E-state index contributed by atoms with van der Waals surface area (Å²) in [6.07, 6.45) is 9.81. The van der Waals surface area contributed by atoms with Crippen LogP contribution < -0.4 is 26.0 Å². The molecule has 12 heteroatoms. The number of likely N-dealkylation sites (N-methyl/N-ethyl adjacent to an activating group) is 1. The fourth-order valence-corrected chi connectivity index (χ4v) is 4.89. The van der Waals surface area contributed by atoms with E-state index in [2.05, 4.69) is 34.4 Å². The maximum Gasteiger partial charge on any atom is 0.407 e. The Bertz CT molecular complexity index is 1200. The average molecular weight is 625 g/mol. The van der Waals surface area contributed by atoms with E-state index in [-0.39, 0.29) is 51.0 Å². The number of hydrogen-bond acceptors (Lipinski definition) is 7. The Morgan fingerprint density at radius 2 is 1.87 bits per heavy atom. The lowest BCUT2D eigenvalue weighted by Crippen LogP contribution is -2.69. The van der Waals surface area contributed by atoms with E-state index in [1.165, 1.54) is 11.0 Å². The van der Waals surface area contributed by atoms with Gasteiger partial charge in [0, 0.05) is 19.6 Å². The van der Waals surface area contributed by atoms with Crippen LogP contribution in [-0.4, -0.2) is 92.9 Å². The summed E-state index contributed by atoms with van der Waals surface area (Å²) >= 11 is 0. The number of benzene rings is 1. The average Bonchev–Trinajstić information content (AvgIpc) is 3.04. The third-order valence-corrected chi connectivity index (χ3v) is 7.15. The van der Waals surface area contributed by atoms with Crippen LogP contribution in [0.5, 0.6) is 5.75 Å². The molecule has 2 atom stereocenters. The first-order valence-electron chi connectivity index (χ1n) is 15.2. The lowest BCUT2D eigenvalue weighted by Gasteiger charge is -2.46. The molecule has 1 aromatic carbocycles. The molecule has 0 spiro atoms. The van der Waals surface area contributed by atoms with Crippen LogP contribution in [0.1, 0.15) is 38.2 Å². The Balaban J connectivity index is 2.21. The predicted octanol–water partition coefficient (Wildman–Crippen LogP) is 3.24.